The Kier molecular flexibility index (Phi) is 5.99. The van der Waals surface area contributed by atoms with Crippen LogP contribution in [-0.2, 0) is 10.7 Å². The number of ether oxygens (including phenoxy) is 2. The van der Waals surface area contributed by atoms with Crippen LogP contribution in [0.2, 0.25) is 0 Å². The molecule has 8 heteroatoms. The lowest BCUT2D eigenvalue weighted by atomic mass is 10.0. The summed E-state index contributed by atoms with van der Waals surface area (Å²) >= 11 is 0. The van der Waals surface area contributed by atoms with Gasteiger partial charge in [0, 0.05) is 5.75 Å². The first-order chi connectivity index (χ1) is 13.5. The maximum Gasteiger partial charge on any atom is 0.262 e. The average Bonchev–Trinajstić information content (AvgIpc) is 2.94. The fourth-order valence-electron chi connectivity index (χ4n) is 3.26. The molecule has 2 aromatic carbocycles. The molecular formula is C20H20NO6S. The minimum Gasteiger partial charge on any atom is -0.493 e. The first kappa shape index (κ1) is 19.9. The predicted octanol–water partition coefficient (Wildman–Crippen LogP) is 2.23. The molecule has 1 heterocycles. The molecule has 147 valence electrons. The number of hydrogen-bond donors (Lipinski definition) is 1. The van der Waals surface area contributed by atoms with Crippen molar-refractivity contribution >= 4 is 22.5 Å². The highest BCUT2D eigenvalue weighted by Crippen LogP contribution is 2.37. The molecule has 7 nitrogen and oxygen atoms in total. The van der Waals surface area contributed by atoms with Gasteiger partial charge in [-0.25, -0.2) is 8.42 Å². The summed E-state index contributed by atoms with van der Waals surface area (Å²) in [4.78, 5) is 26.9. The van der Waals surface area contributed by atoms with Gasteiger partial charge in [-0.2, -0.15) is 0 Å². The van der Waals surface area contributed by atoms with Gasteiger partial charge >= 0.3 is 0 Å². The Morgan fingerprint density at radius 3 is 2.57 bits per heavy atom. The summed E-state index contributed by atoms with van der Waals surface area (Å²) in [5, 5.41) is 0. The van der Waals surface area contributed by atoms with Crippen LogP contribution in [0.15, 0.2) is 36.4 Å². The maximum atomic E-state index is 12.9. The van der Waals surface area contributed by atoms with Crippen LogP contribution in [0.25, 0.3) is 0 Å². The molecule has 28 heavy (non-hydrogen) atoms. The summed E-state index contributed by atoms with van der Waals surface area (Å²) in [6.45, 7) is 2.23. The number of carbonyl (C=O) groups is 2. The summed E-state index contributed by atoms with van der Waals surface area (Å²) in [5.41, 5.74) is 1.06. The molecule has 1 aliphatic heterocycles. The molecule has 0 bridgehead atoms. The summed E-state index contributed by atoms with van der Waals surface area (Å²) in [6, 6.07) is 11.9. The van der Waals surface area contributed by atoms with Gasteiger partial charge in [-0.1, -0.05) is 18.2 Å². The van der Waals surface area contributed by atoms with E-state index in [-0.39, 0.29) is 23.3 Å². The lowest BCUT2D eigenvalue weighted by molar-refractivity contribution is 0.0578. The highest BCUT2D eigenvalue weighted by atomic mass is 32.2. The van der Waals surface area contributed by atoms with Gasteiger partial charge in [0.2, 0.25) is 0 Å². The molecule has 1 atom stereocenters. The normalized spacial score (nSPS) is 14.3. The van der Waals surface area contributed by atoms with Crippen molar-refractivity contribution in [1.29, 1.82) is 0 Å². The van der Waals surface area contributed by atoms with Crippen LogP contribution < -0.4 is 9.47 Å². The quantitative estimate of drug-likeness (QED) is 0.538. The molecule has 1 radical (unpaired) electrons. The number of rotatable bonds is 8. The van der Waals surface area contributed by atoms with Crippen molar-refractivity contribution in [2.24, 2.45) is 0 Å². The molecule has 0 spiro atoms. The lowest BCUT2D eigenvalue weighted by Gasteiger charge is -2.27. The van der Waals surface area contributed by atoms with Gasteiger partial charge in [-0.3, -0.25) is 14.5 Å². The Morgan fingerprint density at radius 2 is 1.93 bits per heavy atom. The van der Waals surface area contributed by atoms with Gasteiger partial charge in [-0.05, 0) is 43.2 Å². The molecule has 2 aromatic rings. The van der Waals surface area contributed by atoms with Gasteiger partial charge < -0.3 is 9.47 Å². The van der Waals surface area contributed by atoms with Crippen molar-refractivity contribution in [2.45, 2.75) is 19.4 Å². The predicted molar refractivity (Wildman–Crippen MR) is 102 cm³/mol. The molecule has 0 saturated carbocycles. The van der Waals surface area contributed by atoms with Crippen LogP contribution in [0.4, 0.5) is 0 Å². The molecule has 0 saturated heterocycles. The number of nitrogens with zero attached hydrogens (tertiary/aromatic N) is 1. The van der Waals surface area contributed by atoms with Gasteiger partial charge in [-0.15, -0.1) is 0 Å². The first-order valence-electron chi connectivity index (χ1n) is 8.79. The molecular weight excluding hydrogens is 382 g/mol. The number of hydrogen-bond acceptors (Lipinski definition) is 6. The van der Waals surface area contributed by atoms with E-state index in [1.54, 1.807) is 36.4 Å². The summed E-state index contributed by atoms with van der Waals surface area (Å²) < 4.78 is 33.3. The van der Waals surface area contributed by atoms with Crippen LogP contribution >= 0.6 is 0 Å². The Bertz CT molecular complexity index is 941. The first-order valence-corrected chi connectivity index (χ1v) is 10.1. The fourth-order valence-corrected chi connectivity index (χ4v) is 3.71. The summed E-state index contributed by atoms with van der Waals surface area (Å²) in [6.07, 6.45) is 0.0854. The summed E-state index contributed by atoms with van der Waals surface area (Å²) in [5.74, 6) is -0.137. The zero-order chi connectivity index (χ0) is 20.3. The van der Waals surface area contributed by atoms with E-state index < -0.39 is 28.6 Å². The SMILES string of the molecule is CCOc1cc(C(CC[SH](=O)=O)N2C(=O)c3[c]cccc3C2=O)ccc1OC. The molecule has 1 aliphatic rings. The minimum absolute atomic E-state index is 0.0854. The van der Waals surface area contributed by atoms with Crippen molar-refractivity contribution in [3.8, 4) is 11.5 Å². The molecule has 1 unspecified atom stereocenters. The standard InChI is InChI=1S/C20H20NO6S/c1-3-27-18-12-13(8-9-17(18)26-2)16(10-11-28(24)25)21-19(22)14-6-4-5-7-15(14)20(21)23/h4-6,8-9,12,16,28H,3,10-11H2,1-2H3. The van der Waals surface area contributed by atoms with Gasteiger partial charge in [0.15, 0.2) is 11.5 Å². The third kappa shape index (κ3) is 3.73. The van der Waals surface area contributed by atoms with E-state index in [1.807, 2.05) is 6.92 Å². The highest BCUT2D eigenvalue weighted by molar-refractivity contribution is 7.72. The van der Waals surface area contributed by atoms with Gasteiger partial charge in [0.1, 0.15) is 10.7 Å². The maximum absolute atomic E-state index is 12.9. The van der Waals surface area contributed by atoms with Crippen LogP contribution in [0.5, 0.6) is 11.5 Å². The van der Waals surface area contributed by atoms with Crippen molar-refractivity contribution in [2.75, 3.05) is 19.5 Å². The van der Waals surface area contributed by atoms with Crippen molar-refractivity contribution in [1.82, 2.24) is 4.90 Å². The number of methoxy groups -OCH3 is 1. The second kappa shape index (κ2) is 8.43. The van der Waals surface area contributed by atoms with E-state index in [0.29, 0.717) is 23.7 Å². The van der Waals surface area contributed by atoms with E-state index in [9.17, 15) is 18.0 Å². The highest BCUT2D eigenvalue weighted by Gasteiger charge is 2.40. The average molecular weight is 402 g/mol. The topological polar surface area (TPSA) is 90.0 Å². The minimum atomic E-state index is -2.66. The second-order valence-electron chi connectivity index (χ2n) is 6.14. The Hall–Kier alpha value is -2.87. The van der Waals surface area contributed by atoms with E-state index in [0.717, 1.165) is 4.90 Å². The number of fused-ring (bicyclic) bond motifs is 1. The molecule has 2 amide bonds. The van der Waals surface area contributed by atoms with E-state index in [4.69, 9.17) is 9.47 Å². The smallest absolute Gasteiger partial charge is 0.262 e. The van der Waals surface area contributed by atoms with Crippen LogP contribution in [-0.4, -0.2) is 44.6 Å². The van der Waals surface area contributed by atoms with E-state index >= 15 is 0 Å². The Morgan fingerprint density at radius 1 is 1.14 bits per heavy atom. The molecule has 3 rings (SSSR count). The Balaban J connectivity index is 2.04. The second-order valence-corrected chi connectivity index (χ2v) is 7.26. The van der Waals surface area contributed by atoms with Crippen LogP contribution in [0.1, 0.15) is 45.7 Å². The Labute approximate surface area is 164 Å². The molecule has 0 N–H and O–H groups in total. The largest absolute Gasteiger partial charge is 0.493 e. The molecule has 0 aliphatic carbocycles. The zero-order valence-corrected chi connectivity index (χ0v) is 16.4. The van der Waals surface area contributed by atoms with Crippen molar-refractivity contribution in [3.63, 3.8) is 0 Å². The number of benzene rings is 2. The zero-order valence-electron chi connectivity index (χ0n) is 15.5. The van der Waals surface area contributed by atoms with Crippen LogP contribution in [0, 0.1) is 6.07 Å². The lowest BCUT2D eigenvalue weighted by Crippen LogP contribution is -2.34. The summed E-state index contributed by atoms with van der Waals surface area (Å²) in [7, 11) is -1.15. The van der Waals surface area contributed by atoms with Crippen molar-refractivity contribution in [3.05, 3.63) is 59.2 Å². The van der Waals surface area contributed by atoms with Gasteiger partial charge in [0.05, 0.1) is 30.9 Å². The fraction of sp³-hybridized carbons (Fsp3) is 0.300. The molecule has 0 fully saturated rings. The molecule has 0 aromatic heterocycles. The van der Waals surface area contributed by atoms with Gasteiger partial charge in [0.25, 0.3) is 11.8 Å². The third-order valence-corrected chi connectivity index (χ3v) is 5.13. The van der Waals surface area contributed by atoms with Crippen molar-refractivity contribution < 1.29 is 27.5 Å². The van der Waals surface area contributed by atoms with E-state index in [1.165, 1.54) is 7.11 Å². The van der Waals surface area contributed by atoms with E-state index in [2.05, 4.69) is 6.07 Å². The number of imide groups is 1. The number of thiol groups is 1. The third-order valence-electron chi connectivity index (χ3n) is 4.51. The van der Waals surface area contributed by atoms with Crippen LogP contribution in [0.3, 0.4) is 0 Å². The monoisotopic (exact) mass is 402 g/mol. The number of carbonyl (C=O) groups excluding carboxylic acids is 2. The number of amides is 2.